The van der Waals surface area contributed by atoms with Crippen molar-refractivity contribution in [3.05, 3.63) is 0 Å². The summed E-state index contributed by atoms with van der Waals surface area (Å²) in [5.74, 6) is 0.935. The van der Waals surface area contributed by atoms with Gasteiger partial charge in [0.25, 0.3) is 0 Å². The van der Waals surface area contributed by atoms with Gasteiger partial charge < -0.3 is 4.74 Å². The summed E-state index contributed by atoms with van der Waals surface area (Å²) in [5.41, 5.74) is -0.275. The molecule has 0 spiro atoms. The Morgan fingerprint density at radius 1 is 1.46 bits per heavy atom. The van der Waals surface area contributed by atoms with Gasteiger partial charge in [0.1, 0.15) is 5.60 Å². The van der Waals surface area contributed by atoms with E-state index in [0.717, 1.165) is 6.42 Å². The lowest BCUT2D eigenvalue weighted by Gasteiger charge is -2.40. The molecule has 1 rings (SSSR count). The second-order valence-electron chi connectivity index (χ2n) is 5.01. The van der Waals surface area contributed by atoms with Crippen molar-refractivity contribution in [1.82, 2.24) is 0 Å². The first-order valence-electron chi connectivity index (χ1n) is 5.07. The summed E-state index contributed by atoms with van der Waals surface area (Å²) in [6.07, 6.45) is 0.962. The maximum atomic E-state index is 11.6. The Morgan fingerprint density at radius 3 is 2.46 bits per heavy atom. The number of carbonyl (C=O) groups excluding carboxylic acids is 1. The number of carbonyl (C=O) groups is 1. The van der Waals surface area contributed by atoms with Crippen LogP contribution >= 0.6 is 0 Å². The van der Waals surface area contributed by atoms with Crippen LogP contribution in [0.1, 0.15) is 41.0 Å². The maximum absolute atomic E-state index is 11.6. The third-order valence-electron chi connectivity index (χ3n) is 3.27. The Kier molecular flexibility index (Phi) is 2.69. The van der Waals surface area contributed by atoms with Gasteiger partial charge in [-0.25, -0.2) is 0 Å². The summed E-state index contributed by atoms with van der Waals surface area (Å²) in [5, 5.41) is 0. The quantitative estimate of drug-likeness (QED) is 0.585. The van der Waals surface area contributed by atoms with Gasteiger partial charge >= 0.3 is 5.97 Å². The normalized spacial score (nSPS) is 33.2. The van der Waals surface area contributed by atoms with Gasteiger partial charge in [-0.2, -0.15) is 0 Å². The van der Waals surface area contributed by atoms with Crippen molar-refractivity contribution in [3.63, 3.8) is 0 Å². The van der Waals surface area contributed by atoms with E-state index in [1.165, 1.54) is 0 Å². The van der Waals surface area contributed by atoms with E-state index in [-0.39, 0.29) is 17.5 Å². The summed E-state index contributed by atoms with van der Waals surface area (Å²) in [6, 6.07) is 0. The summed E-state index contributed by atoms with van der Waals surface area (Å²) in [6.45, 7) is 10.3. The lowest BCUT2D eigenvalue weighted by molar-refractivity contribution is -0.180. The Hall–Kier alpha value is -0.530. The molecule has 1 fully saturated rings. The largest absolute Gasteiger partial charge is 0.459 e. The summed E-state index contributed by atoms with van der Waals surface area (Å²) >= 11 is 0. The van der Waals surface area contributed by atoms with Crippen LogP contribution in [-0.2, 0) is 9.53 Å². The van der Waals surface area contributed by atoms with E-state index in [4.69, 9.17) is 4.74 Å². The van der Waals surface area contributed by atoms with Crippen molar-refractivity contribution in [1.29, 1.82) is 0 Å². The number of rotatable bonds is 1. The van der Waals surface area contributed by atoms with Crippen molar-refractivity contribution in [2.75, 3.05) is 0 Å². The third-order valence-corrected chi connectivity index (χ3v) is 3.27. The summed E-state index contributed by atoms with van der Waals surface area (Å²) < 4.78 is 5.42. The zero-order chi connectivity index (χ0) is 10.2. The highest BCUT2D eigenvalue weighted by molar-refractivity contribution is 5.74. The van der Waals surface area contributed by atoms with E-state index in [1.54, 1.807) is 0 Å². The van der Waals surface area contributed by atoms with Crippen LogP contribution in [0.25, 0.3) is 0 Å². The monoisotopic (exact) mass is 184 g/mol. The van der Waals surface area contributed by atoms with Gasteiger partial charge in [-0.1, -0.05) is 20.8 Å². The van der Waals surface area contributed by atoms with Gasteiger partial charge in [-0.15, -0.1) is 0 Å². The Labute approximate surface area is 80.7 Å². The highest BCUT2D eigenvalue weighted by Crippen LogP contribution is 2.36. The molecule has 0 N–H and O–H groups in total. The zero-order valence-electron chi connectivity index (χ0n) is 9.26. The van der Waals surface area contributed by atoms with Crippen LogP contribution < -0.4 is 0 Å². The predicted molar refractivity (Wildman–Crippen MR) is 52.3 cm³/mol. The lowest BCUT2D eigenvalue weighted by Crippen LogP contribution is -2.45. The topological polar surface area (TPSA) is 26.3 Å². The minimum atomic E-state index is -0.275. The zero-order valence-corrected chi connectivity index (χ0v) is 9.26. The first kappa shape index (κ1) is 10.6. The fraction of sp³-hybridized carbons (Fsp3) is 0.909. The molecule has 0 aliphatic carbocycles. The Morgan fingerprint density at radius 2 is 2.00 bits per heavy atom. The molecule has 0 aromatic rings. The van der Waals surface area contributed by atoms with Crippen LogP contribution in [0.2, 0.25) is 0 Å². The van der Waals surface area contributed by atoms with Crippen molar-refractivity contribution in [2.45, 2.75) is 46.6 Å². The predicted octanol–water partition coefficient (Wildman–Crippen LogP) is 2.62. The van der Waals surface area contributed by atoms with Crippen molar-refractivity contribution < 1.29 is 9.53 Å². The van der Waals surface area contributed by atoms with Crippen LogP contribution in [0.3, 0.4) is 0 Å². The van der Waals surface area contributed by atoms with Crippen LogP contribution in [-0.4, -0.2) is 11.6 Å². The molecule has 1 aliphatic heterocycles. The average molecular weight is 184 g/mol. The highest BCUT2D eigenvalue weighted by Gasteiger charge is 2.41. The number of hydrogen-bond donors (Lipinski definition) is 0. The molecule has 0 aromatic heterocycles. The van der Waals surface area contributed by atoms with E-state index in [0.29, 0.717) is 11.8 Å². The standard InChI is InChI=1S/C11H20O2/c1-7(2)9-6-8(3)11(4,5)13-10(9)12/h7-9H,6H2,1-5H3/t8-,9?/m1/s1. The van der Waals surface area contributed by atoms with Gasteiger partial charge in [0.15, 0.2) is 0 Å². The highest BCUT2D eigenvalue weighted by atomic mass is 16.6. The van der Waals surface area contributed by atoms with Crippen molar-refractivity contribution >= 4 is 5.97 Å². The molecule has 2 heteroatoms. The maximum Gasteiger partial charge on any atom is 0.309 e. The van der Waals surface area contributed by atoms with E-state index in [1.807, 2.05) is 13.8 Å². The SMILES string of the molecule is CC(C)C1C[C@@H](C)C(C)(C)OC1=O. The first-order chi connectivity index (χ1) is 5.84. The molecule has 76 valence electrons. The number of esters is 1. The van der Waals surface area contributed by atoms with Gasteiger partial charge in [0.2, 0.25) is 0 Å². The van der Waals surface area contributed by atoms with Gasteiger partial charge in [-0.05, 0) is 32.1 Å². The molecule has 1 unspecified atom stereocenters. The summed E-state index contributed by atoms with van der Waals surface area (Å²) in [4.78, 5) is 11.6. The molecule has 0 radical (unpaired) electrons. The van der Waals surface area contributed by atoms with Gasteiger partial charge in [0.05, 0.1) is 5.92 Å². The van der Waals surface area contributed by atoms with Crippen LogP contribution in [0.4, 0.5) is 0 Å². The van der Waals surface area contributed by atoms with Crippen molar-refractivity contribution in [2.24, 2.45) is 17.8 Å². The Balaban J connectivity index is 2.73. The summed E-state index contributed by atoms with van der Waals surface area (Å²) in [7, 11) is 0. The molecule has 0 saturated carbocycles. The molecule has 2 nitrogen and oxygen atoms in total. The molecule has 0 amide bonds. The van der Waals surface area contributed by atoms with E-state index < -0.39 is 0 Å². The minimum Gasteiger partial charge on any atom is -0.459 e. The minimum absolute atomic E-state index is 0.0156. The second-order valence-corrected chi connectivity index (χ2v) is 5.01. The van der Waals surface area contributed by atoms with Crippen molar-refractivity contribution in [3.8, 4) is 0 Å². The average Bonchev–Trinajstić information content (AvgIpc) is 1.95. The molecule has 13 heavy (non-hydrogen) atoms. The smallest absolute Gasteiger partial charge is 0.309 e. The fourth-order valence-electron chi connectivity index (χ4n) is 1.74. The van der Waals surface area contributed by atoms with Gasteiger partial charge in [-0.3, -0.25) is 4.79 Å². The molecule has 1 saturated heterocycles. The first-order valence-corrected chi connectivity index (χ1v) is 5.07. The molecular formula is C11H20O2. The van der Waals surface area contributed by atoms with E-state index in [9.17, 15) is 4.79 Å². The molecule has 2 atom stereocenters. The molecular weight excluding hydrogens is 164 g/mol. The Bertz CT molecular complexity index is 206. The van der Waals surface area contributed by atoms with Crippen LogP contribution in [0.15, 0.2) is 0 Å². The van der Waals surface area contributed by atoms with Crippen LogP contribution in [0, 0.1) is 17.8 Å². The lowest BCUT2D eigenvalue weighted by atomic mass is 9.77. The number of ether oxygens (including phenoxy) is 1. The number of cyclic esters (lactones) is 1. The molecule has 1 heterocycles. The molecule has 0 bridgehead atoms. The van der Waals surface area contributed by atoms with Crippen LogP contribution in [0.5, 0.6) is 0 Å². The fourth-order valence-corrected chi connectivity index (χ4v) is 1.74. The molecule has 0 aromatic carbocycles. The number of hydrogen-bond acceptors (Lipinski definition) is 2. The molecule has 1 aliphatic rings. The third kappa shape index (κ3) is 2.04. The van der Waals surface area contributed by atoms with Gasteiger partial charge in [0, 0.05) is 0 Å². The second kappa shape index (κ2) is 3.32. The van der Waals surface area contributed by atoms with E-state index >= 15 is 0 Å². The van der Waals surface area contributed by atoms with E-state index in [2.05, 4.69) is 20.8 Å².